The second kappa shape index (κ2) is 9.23. The molecule has 0 radical (unpaired) electrons. The molecule has 0 saturated heterocycles. The van der Waals surface area contributed by atoms with Crippen LogP contribution in [-0.4, -0.2) is 30.4 Å². The lowest BCUT2D eigenvalue weighted by atomic mass is 10.2. The summed E-state index contributed by atoms with van der Waals surface area (Å²) in [5.74, 6) is -0.631. The minimum Gasteiger partial charge on any atom is -0.366 e. The second-order valence-electron chi connectivity index (χ2n) is 5.48. The first kappa shape index (κ1) is 24.0. The fourth-order valence-electron chi connectivity index (χ4n) is 2.10. The minimum atomic E-state index is -4.52. The summed E-state index contributed by atoms with van der Waals surface area (Å²) >= 11 is 2.34. The number of H-pyrrole nitrogens is 1. The maximum absolute atomic E-state index is 12.6. The van der Waals surface area contributed by atoms with Crippen LogP contribution >= 0.6 is 33.8 Å². The lowest BCUT2D eigenvalue weighted by Crippen LogP contribution is -2.13. The molecule has 30 heavy (non-hydrogen) atoms. The summed E-state index contributed by atoms with van der Waals surface area (Å²) in [7, 11) is 1.25. The van der Waals surface area contributed by atoms with Crippen LogP contribution in [0.4, 0.5) is 33.6 Å². The van der Waals surface area contributed by atoms with Gasteiger partial charge in [-0.3, -0.25) is 18.5 Å². The van der Waals surface area contributed by atoms with Gasteiger partial charge in [-0.15, -0.1) is 12.6 Å². The Morgan fingerprint density at radius 2 is 1.77 bits per heavy atom. The summed E-state index contributed by atoms with van der Waals surface area (Å²) in [5.41, 5.74) is 0.671. The monoisotopic (exact) mass is 485 g/mol. The molecular formula is C15H13F5N5O2PS2. The van der Waals surface area contributed by atoms with Crippen molar-refractivity contribution in [1.29, 1.82) is 0 Å². The first-order chi connectivity index (χ1) is 13.7. The van der Waals surface area contributed by atoms with Gasteiger partial charge in [-0.2, -0.15) is 26.9 Å². The van der Waals surface area contributed by atoms with Crippen molar-refractivity contribution in [3.05, 3.63) is 52.4 Å². The van der Waals surface area contributed by atoms with E-state index in [4.69, 9.17) is 5.73 Å². The summed E-state index contributed by atoms with van der Waals surface area (Å²) in [6.07, 6.45) is 1.12. The molecule has 1 atom stereocenters. The summed E-state index contributed by atoms with van der Waals surface area (Å²) in [4.78, 5) is 26.6. The molecule has 3 rings (SSSR count). The Hall–Kier alpha value is -2.31. The van der Waals surface area contributed by atoms with Crippen molar-refractivity contribution in [1.82, 2.24) is 13.9 Å². The zero-order valence-corrected chi connectivity index (χ0v) is 17.4. The van der Waals surface area contributed by atoms with Gasteiger partial charge < -0.3 is 11.1 Å². The molecule has 0 aliphatic rings. The number of nitrogens with two attached hydrogens (primary N) is 1. The fourth-order valence-corrected chi connectivity index (χ4v) is 2.67. The van der Waals surface area contributed by atoms with Crippen LogP contribution in [0.5, 0.6) is 0 Å². The number of amides is 1. The van der Waals surface area contributed by atoms with E-state index in [0.29, 0.717) is 5.69 Å². The maximum Gasteiger partial charge on any atom is 0.462 e. The van der Waals surface area contributed by atoms with Crippen molar-refractivity contribution in [2.45, 2.75) is 10.5 Å². The van der Waals surface area contributed by atoms with Gasteiger partial charge in [0, 0.05) is 17.4 Å². The first-order valence-corrected chi connectivity index (χ1v) is 9.46. The van der Waals surface area contributed by atoms with E-state index in [1.807, 2.05) is 0 Å². The molecule has 1 unspecified atom stereocenters. The molecule has 0 spiro atoms. The van der Waals surface area contributed by atoms with E-state index in [2.05, 4.69) is 27.9 Å². The van der Waals surface area contributed by atoms with Gasteiger partial charge in [0.05, 0.1) is 17.3 Å². The molecule has 162 valence electrons. The number of nitrogens with one attached hydrogen (secondary N) is 2. The SMILES string of the molecule is FC(F)(P)S.NC(=O)c1ccc(Nc2nc3c(ccn3SC(F)(F)F)c(=O)[nH]2)cc1. The highest BCUT2D eigenvalue weighted by atomic mass is 32.2. The molecule has 0 saturated carbocycles. The molecule has 7 nitrogen and oxygen atoms in total. The van der Waals surface area contributed by atoms with Crippen LogP contribution in [0.25, 0.3) is 11.0 Å². The summed E-state index contributed by atoms with van der Waals surface area (Å²) in [6, 6.07) is 7.22. The molecule has 0 aliphatic heterocycles. The smallest absolute Gasteiger partial charge is 0.366 e. The highest BCUT2D eigenvalue weighted by molar-refractivity contribution is 7.98. The van der Waals surface area contributed by atoms with Gasteiger partial charge in [-0.25, -0.2) is 0 Å². The number of fused-ring (bicyclic) bond motifs is 1. The van der Waals surface area contributed by atoms with Gasteiger partial charge in [0.2, 0.25) is 11.9 Å². The number of hydrogen-bond acceptors (Lipinski definition) is 6. The van der Waals surface area contributed by atoms with E-state index in [0.717, 1.165) is 10.2 Å². The Balaban J connectivity index is 0.000000575. The second-order valence-corrected chi connectivity index (χ2v) is 8.33. The Morgan fingerprint density at radius 1 is 1.20 bits per heavy atom. The first-order valence-electron chi connectivity index (χ1n) is 7.66. The van der Waals surface area contributed by atoms with Crippen molar-refractivity contribution in [2.24, 2.45) is 5.73 Å². The lowest BCUT2D eigenvalue weighted by Gasteiger charge is -2.09. The molecular weight excluding hydrogens is 472 g/mol. The van der Waals surface area contributed by atoms with E-state index in [1.54, 1.807) is 0 Å². The van der Waals surface area contributed by atoms with Gasteiger partial charge in [0.15, 0.2) is 5.65 Å². The summed E-state index contributed by atoms with van der Waals surface area (Å²) in [5, 5.41) is 2.79. The Kier molecular flexibility index (Phi) is 7.37. The zero-order chi connectivity index (χ0) is 22.7. The quantitative estimate of drug-likeness (QED) is 0.255. The van der Waals surface area contributed by atoms with Crippen LogP contribution in [-0.2, 0) is 0 Å². The number of anilines is 2. The van der Waals surface area contributed by atoms with Gasteiger partial charge in [-0.05, 0) is 30.3 Å². The molecule has 3 aromatic rings. The van der Waals surface area contributed by atoms with Crippen LogP contribution in [0, 0.1) is 0 Å². The Labute approximate surface area is 177 Å². The van der Waals surface area contributed by atoms with Gasteiger partial charge in [0.1, 0.15) is 0 Å². The van der Waals surface area contributed by atoms with Crippen LogP contribution < -0.4 is 16.6 Å². The number of alkyl halides is 5. The molecule has 1 aromatic carbocycles. The molecule has 0 aliphatic carbocycles. The number of hydrogen-bond donors (Lipinski definition) is 4. The minimum absolute atomic E-state index is 0.0337. The van der Waals surface area contributed by atoms with Crippen LogP contribution in [0.1, 0.15) is 10.4 Å². The Morgan fingerprint density at radius 3 is 2.27 bits per heavy atom. The van der Waals surface area contributed by atoms with Crippen molar-refractivity contribution in [3.8, 4) is 0 Å². The molecule has 0 fully saturated rings. The lowest BCUT2D eigenvalue weighted by molar-refractivity contribution is -0.0334. The van der Waals surface area contributed by atoms with E-state index in [9.17, 15) is 31.5 Å². The van der Waals surface area contributed by atoms with Gasteiger partial charge >= 0.3 is 10.5 Å². The van der Waals surface area contributed by atoms with Crippen LogP contribution in [0.15, 0.2) is 41.3 Å². The number of carbonyl (C=O) groups is 1. The third-order valence-electron chi connectivity index (χ3n) is 3.15. The highest BCUT2D eigenvalue weighted by Gasteiger charge is 2.31. The predicted octanol–water partition coefficient (Wildman–Crippen LogP) is 3.92. The number of rotatable bonds is 4. The average molecular weight is 485 g/mol. The predicted molar refractivity (Wildman–Crippen MR) is 111 cm³/mol. The number of aromatic nitrogens is 3. The maximum atomic E-state index is 12.6. The molecule has 4 N–H and O–H groups in total. The van der Waals surface area contributed by atoms with E-state index in [1.165, 1.54) is 39.6 Å². The third-order valence-corrected chi connectivity index (χ3v) is 3.85. The molecule has 15 heteroatoms. The van der Waals surface area contributed by atoms with Gasteiger partial charge in [-0.1, -0.05) is 9.24 Å². The molecule has 0 bridgehead atoms. The van der Waals surface area contributed by atoms with E-state index < -0.39 is 33.9 Å². The number of primary amides is 1. The van der Waals surface area contributed by atoms with Crippen LogP contribution in [0.2, 0.25) is 0 Å². The number of nitrogens with zero attached hydrogens (tertiary/aromatic N) is 2. The largest absolute Gasteiger partial charge is 0.462 e. The van der Waals surface area contributed by atoms with E-state index in [-0.39, 0.29) is 22.5 Å². The molecule has 2 aromatic heterocycles. The van der Waals surface area contributed by atoms with Crippen molar-refractivity contribution in [3.63, 3.8) is 0 Å². The number of benzene rings is 1. The standard InChI is InChI=1S/C14H10F3N5O2S.CH3F2PS/c15-14(16,17)25-22-6-5-9-11(22)20-13(21-12(9)24)19-8-3-1-7(2-4-8)10(18)23;2-1(3,4)5/h1-6H,(H2,18,23)(H2,19,20,21,24);5H,4H2. The number of thiol groups is 1. The summed E-state index contributed by atoms with van der Waals surface area (Å²) in [6.45, 7) is 0. The average Bonchev–Trinajstić information content (AvgIpc) is 2.95. The van der Waals surface area contributed by atoms with Gasteiger partial charge in [0.25, 0.3) is 5.56 Å². The number of halogens is 5. The number of carbonyl (C=O) groups excluding carboxylic acids is 1. The fraction of sp³-hybridized carbons (Fsp3) is 0.133. The third kappa shape index (κ3) is 7.50. The Bertz CT molecular complexity index is 1090. The number of aromatic amines is 1. The zero-order valence-electron chi connectivity index (χ0n) is 14.6. The topological polar surface area (TPSA) is 106 Å². The summed E-state index contributed by atoms with van der Waals surface area (Å²) < 4.78 is 60.2. The van der Waals surface area contributed by atoms with E-state index >= 15 is 0 Å². The molecule has 2 heterocycles. The van der Waals surface area contributed by atoms with Crippen molar-refractivity contribution < 1.29 is 26.7 Å². The van der Waals surface area contributed by atoms with Crippen molar-refractivity contribution >= 4 is 62.4 Å². The van der Waals surface area contributed by atoms with Crippen LogP contribution in [0.3, 0.4) is 0 Å². The van der Waals surface area contributed by atoms with Crippen molar-refractivity contribution in [2.75, 3.05) is 5.32 Å². The molecule has 1 amide bonds. The normalized spacial score (nSPS) is 11.7. The highest BCUT2D eigenvalue weighted by Crippen LogP contribution is 2.33.